The van der Waals surface area contributed by atoms with E-state index in [1.807, 2.05) is 12.1 Å². The fraction of sp³-hybridized carbons (Fsp3) is 0.467. The molecule has 6 heteroatoms. The van der Waals surface area contributed by atoms with E-state index >= 15 is 0 Å². The lowest BCUT2D eigenvalue weighted by Crippen LogP contribution is -2.13. The number of hydrogen-bond donors (Lipinski definition) is 1. The Balaban J connectivity index is 2.28. The van der Waals surface area contributed by atoms with E-state index in [0.29, 0.717) is 29.1 Å². The number of hydrogen-bond acceptors (Lipinski definition) is 6. The molecular weight excluding hydrogens is 270 g/mol. The maximum absolute atomic E-state index is 6.05. The van der Waals surface area contributed by atoms with E-state index in [1.54, 1.807) is 20.3 Å². The lowest BCUT2D eigenvalue weighted by atomic mass is 10.0. The zero-order valence-electron chi connectivity index (χ0n) is 12.8. The van der Waals surface area contributed by atoms with Crippen molar-refractivity contribution in [3.63, 3.8) is 0 Å². The van der Waals surface area contributed by atoms with Crippen LogP contribution in [0.15, 0.2) is 22.7 Å². The molecule has 1 aromatic carbocycles. The second-order valence-electron chi connectivity index (χ2n) is 5.29. The summed E-state index contributed by atoms with van der Waals surface area (Å²) in [7, 11) is 3.19. The third-order valence-corrected chi connectivity index (χ3v) is 3.09. The molecule has 2 rings (SSSR count). The van der Waals surface area contributed by atoms with Gasteiger partial charge >= 0.3 is 0 Å². The number of nitrogens with two attached hydrogens (primary N) is 1. The van der Waals surface area contributed by atoms with Crippen molar-refractivity contribution in [3.05, 3.63) is 24.1 Å². The van der Waals surface area contributed by atoms with Gasteiger partial charge in [0.2, 0.25) is 11.7 Å². The predicted octanol–water partition coefficient (Wildman–Crippen LogP) is 2.80. The third kappa shape index (κ3) is 3.72. The van der Waals surface area contributed by atoms with Crippen LogP contribution in [-0.2, 0) is 0 Å². The Hall–Kier alpha value is -2.08. The summed E-state index contributed by atoms with van der Waals surface area (Å²) in [5.74, 6) is 2.72. The molecule has 0 unspecified atom stereocenters. The average molecular weight is 291 g/mol. The highest BCUT2D eigenvalue weighted by molar-refractivity contribution is 5.60. The van der Waals surface area contributed by atoms with Crippen LogP contribution in [0.5, 0.6) is 11.5 Å². The Morgan fingerprint density at radius 1 is 1.14 bits per heavy atom. The van der Waals surface area contributed by atoms with Gasteiger partial charge in [-0.25, -0.2) is 0 Å². The van der Waals surface area contributed by atoms with E-state index < -0.39 is 0 Å². The molecular formula is C15H21N3O3. The molecule has 2 aromatic rings. The fourth-order valence-corrected chi connectivity index (χ4v) is 2.05. The first-order valence-electron chi connectivity index (χ1n) is 6.86. The highest BCUT2D eigenvalue weighted by atomic mass is 16.5. The molecule has 0 fully saturated rings. The second kappa shape index (κ2) is 6.58. The van der Waals surface area contributed by atoms with Gasteiger partial charge in [0.15, 0.2) is 0 Å². The summed E-state index contributed by atoms with van der Waals surface area (Å²) in [6.45, 7) is 4.20. The molecule has 0 aliphatic heterocycles. The van der Waals surface area contributed by atoms with Crippen molar-refractivity contribution >= 4 is 0 Å². The lowest BCUT2D eigenvalue weighted by Gasteiger charge is -2.08. The molecule has 1 aromatic heterocycles. The monoisotopic (exact) mass is 291 g/mol. The summed E-state index contributed by atoms with van der Waals surface area (Å²) in [4.78, 5) is 4.37. The number of aromatic nitrogens is 2. The Kier molecular flexibility index (Phi) is 4.80. The molecule has 2 N–H and O–H groups in total. The molecule has 6 nitrogen and oxygen atoms in total. The van der Waals surface area contributed by atoms with Crippen LogP contribution in [-0.4, -0.2) is 24.4 Å². The topological polar surface area (TPSA) is 83.4 Å². The van der Waals surface area contributed by atoms with E-state index in [2.05, 4.69) is 24.0 Å². The van der Waals surface area contributed by atoms with Gasteiger partial charge in [0.05, 0.1) is 20.3 Å². The maximum atomic E-state index is 6.05. The van der Waals surface area contributed by atoms with Crippen LogP contribution in [0.4, 0.5) is 0 Å². The number of rotatable bonds is 6. The van der Waals surface area contributed by atoms with Gasteiger partial charge in [-0.1, -0.05) is 19.0 Å². The first kappa shape index (κ1) is 15.3. The van der Waals surface area contributed by atoms with E-state index in [9.17, 15) is 0 Å². The van der Waals surface area contributed by atoms with Gasteiger partial charge in [-0.3, -0.25) is 0 Å². The van der Waals surface area contributed by atoms with Gasteiger partial charge in [0.25, 0.3) is 0 Å². The minimum Gasteiger partial charge on any atom is -0.497 e. The van der Waals surface area contributed by atoms with Crippen LogP contribution in [0.3, 0.4) is 0 Å². The first-order valence-corrected chi connectivity index (χ1v) is 6.86. The van der Waals surface area contributed by atoms with Crippen molar-refractivity contribution in [2.24, 2.45) is 11.7 Å². The van der Waals surface area contributed by atoms with Gasteiger partial charge in [-0.15, -0.1) is 0 Å². The van der Waals surface area contributed by atoms with Crippen molar-refractivity contribution in [1.82, 2.24) is 10.1 Å². The Labute approximate surface area is 124 Å². The van der Waals surface area contributed by atoms with Crippen LogP contribution in [0.25, 0.3) is 11.4 Å². The summed E-state index contributed by atoms with van der Waals surface area (Å²) in [5.41, 5.74) is 6.82. The highest BCUT2D eigenvalue weighted by Gasteiger charge is 2.17. The molecule has 114 valence electrons. The molecule has 0 amide bonds. The number of nitrogens with zero attached hydrogens (tertiary/aromatic N) is 2. The van der Waals surface area contributed by atoms with Crippen LogP contribution in [0.1, 0.15) is 32.2 Å². The third-order valence-electron chi connectivity index (χ3n) is 3.09. The second-order valence-corrected chi connectivity index (χ2v) is 5.29. The number of ether oxygens (including phenoxy) is 2. The molecule has 0 spiro atoms. The summed E-state index contributed by atoms with van der Waals surface area (Å²) in [6.07, 6.45) is 0.795. The van der Waals surface area contributed by atoms with Gasteiger partial charge < -0.3 is 19.7 Å². The standard InChI is InChI=1S/C15H21N3O3/c1-9(2)5-13(16)15-17-14(18-21-15)10-6-11(19-3)8-12(7-10)20-4/h6-9,13H,5,16H2,1-4H3/t13-/m1/s1. The molecule has 0 saturated carbocycles. The molecule has 0 saturated heterocycles. The average Bonchev–Trinajstić information content (AvgIpc) is 2.96. The zero-order valence-corrected chi connectivity index (χ0v) is 12.8. The quantitative estimate of drug-likeness (QED) is 0.881. The smallest absolute Gasteiger partial charge is 0.243 e. The summed E-state index contributed by atoms with van der Waals surface area (Å²) in [5, 5.41) is 3.99. The Morgan fingerprint density at radius 3 is 2.29 bits per heavy atom. The molecule has 0 aliphatic carbocycles. The minimum absolute atomic E-state index is 0.251. The van der Waals surface area contributed by atoms with Crippen molar-refractivity contribution in [2.45, 2.75) is 26.3 Å². The summed E-state index contributed by atoms with van der Waals surface area (Å²) >= 11 is 0. The van der Waals surface area contributed by atoms with Gasteiger partial charge in [0, 0.05) is 11.6 Å². The van der Waals surface area contributed by atoms with Crippen LogP contribution in [0, 0.1) is 5.92 Å². The molecule has 21 heavy (non-hydrogen) atoms. The van der Waals surface area contributed by atoms with Crippen molar-refractivity contribution in [3.8, 4) is 22.9 Å². The lowest BCUT2D eigenvalue weighted by molar-refractivity contribution is 0.335. The molecule has 1 heterocycles. The van der Waals surface area contributed by atoms with Crippen molar-refractivity contribution in [2.75, 3.05) is 14.2 Å². The Morgan fingerprint density at radius 2 is 1.76 bits per heavy atom. The Bertz CT molecular complexity index is 573. The summed E-state index contributed by atoms with van der Waals surface area (Å²) < 4.78 is 15.7. The SMILES string of the molecule is COc1cc(OC)cc(-c2noc([C@H](N)CC(C)C)n2)c1. The van der Waals surface area contributed by atoms with Crippen LogP contribution in [0.2, 0.25) is 0 Å². The highest BCUT2D eigenvalue weighted by Crippen LogP contribution is 2.29. The molecule has 1 atom stereocenters. The van der Waals surface area contributed by atoms with E-state index in [4.69, 9.17) is 19.7 Å². The van der Waals surface area contributed by atoms with Crippen LogP contribution >= 0.6 is 0 Å². The summed E-state index contributed by atoms with van der Waals surface area (Å²) in [6, 6.07) is 5.18. The van der Waals surface area contributed by atoms with E-state index in [1.165, 1.54) is 0 Å². The number of benzene rings is 1. The van der Waals surface area contributed by atoms with Crippen LogP contribution < -0.4 is 15.2 Å². The van der Waals surface area contributed by atoms with Gasteiger partial charge in [0.1, 0.15) is 11.5 Å². The van der Waals surface area contributed by atoms with Gasteiger partial charge in [-0.05, 0) is 24.5 Å². The van der Waals surface area contributed by atoms with Crippen molar-refractivity contribution in [1.29, 1.82) is 0 Å². The van der Waals surface area contributed by atoms with E-state index in [-0.39, 0.29) is 6.04 Å². The fourth-order valence-electron chi connectivity index (χ4n) is 2.05. The first-order chi connectivity index (χ1) is 10.0. The van der Waals surface area contributed by atoms with E-state index in [0.717, 1.165) is 12.0 Å². The zero-order chi connectivity index (χ0) is 15.4. The largest absolute Gasteiger partial charge is 0.497 e. The van der Waals surface area contributed by atoms with Gasteiger partial charge in [-0.2, -0.15) is 4.98 Å². The molecule has 0 radical (unpaired) electrons. The minimum atomic E-state index is -0.251. The predicted molar refractivity (Wildman–Crippen MR) is 79.2 cm³/mol. The van der Waals surface area contributed by atoms with Crippen molar-refractivity contribution < 1.29 is 14.0 Å². The normalized spacial score (nSPS) is 12.5. The number of methoxy groups -OCH3 is 2. The molecule has 0 aliphatic rings. The maximum Gasteiger partial charge on any atom is 0.243 e. The molecule has 0 bridgehead atoms.